The molecule has 3 saturated heterocycles. The molecule has 3 fully saturated rings. The molecule has 6 aromatic carbocycles. The number of hydrogen-bond donors (Lipinski definition) is 0. The Morgan fingerprint density at radius 1 is 0.373 bits per heavy atom. The molecule has 0 spiro atoms. The van der Waals surface area contributed by atoms with Gasteiger partial charge in [0.2, 0.25) is 0 Å². The normalized spacial score (nSPS) is 24.9. The van der Waals surface area contributed by atoms with Gasteiger partial charge in [-0.3, -0.25) is 0 Å². The van der Waals surface area contributed by atoms with Gasteiger partial charge in [-0.05, 0) is 148 Å². The van der Waals surface area contributed by atoms with Gasteiger partial charge in [0.25, 0.3) is 0 Å². The highest BCUT2D eigenvalue weighted by Gasteiger charge is 2.65. The van der Waals surface area contributed by atoms with Crippen LogP contribution in [0.1, 0.15) is 68.6 Å². The Morgan fingerprint density at radius 3 is 0.941 bits per heavy atom. The molecule has 0 unspecified atom stereocenters. The highest BCUT2D eigenvalue weighted by atomic mass is 35.5. The Labute approximate surface area is 603 Å². The molecule has 9 atom stereocenters. The van der Waals surface area contributed by atoms with E-state index in [-0.39, 0.29) is 101 Å². The van der Waals surface area contributed by atoms with Crippen molar-refractivity contribution in [2.24, 2.45) is 17.8 Å². The van der Waals surface area contributed by atoms with E-state index >= 15 is 13.2 Å². The number of rotatable bonds is 19. The fraction of sp³-hybridized carbons (Fsp3) is 0.455. The van der Waals surface area contributed by atoms with Crippen molar-refractivity contribution in [3.63, 3.8) is 0 Å². The zero-order valence-electron chi connectivity index (χ0n) is 54.5. The first-order valence-electron chi connectivity index (χ1n) is 31.6. The van der Waals surface area contributed by atoms with Crippen molar-refractivity contribution < 1.29 is 114 Å². The molecule has 102 heavy (non-hydrogen) atoms. The summed E-state index contributed by atoms with van der Waals surface area (Å²) in [6, 6.07) is 21.5. The van der Waals surface area contributed by atoms with Crippen molar-refractivity contribution in [2.75, 3.05) is 80.2 Å². The molecule has 6 aliphatic rings. The minimum absolute atomic E-state index is 0.0135. The summed E-state index contributed by atoms with van der Waals surface area (Å²) < 4.78 is 298. The zero-order chi connectivity index (χ0) is 74.6. The Bertz CT molecular complexity index is 5010. The van der Waals surface area contributed by atoms with Gasteiger partial charge in [-0.25, -0.2) is 85.3 Å². The lowest BCUT2D eigenvalue weighted by Gasteiger charge is -2.50. The van der Waals surface area contributed by atoms with E-state index < -0.39 is 211 Å². The van der Waals surface area contributed by atoms with Crippen LogP contribution < -0.4 is 14.2 Å². The summed E-state index contributed by atoms with van der Waals surface area (Å²) in [4.78, 5) is -0.334. The zero-order valence-corrected chi connectivity index (χ0v) is 62.5. The van der Waals surface area contributed by atoms with Crippen LogP contribution in [0.2, 0.25) is 15.1 Å². The van der Waals surface area contributed by atoms with Gasteiger partial charge < -0.3 is 28.4 Å². The van der Waals surface area contributed by atoms with Crippen LogP contribution in [0, 0.1) is 52.7 Å². The van der Waals surface area contributed by atoms with E-state index in [4.69, 9.17) is 63.2 Å². The first kappa shape index (κ1) is 79.3. The van der Waals surface area contributed by atoms with Crippen LogP contribution in [0.3, 0.4) is 0 Å². The summed E-state index contributed by atoms with van der Waals surface area (Å²) in [5, 5.41) is -0.140. The Kier molecular flexibility index (Phi) is 23.4. The van der Waals surface area contributed by atoms with Crippen LogP contribution in [-0.2, 0) is 97.3 Å². The average Bonchev–Trinajstić information content (AvgIpc) is 0.711. The molecule has 20 nitrogen and oxygen atoms in total. The SMILES string of the molecule is CCC[C@@H]1OCC[C@@]2(S(=O)(=O)c3ccc(Cl)cc3)c3c(F)ccc(F)c3OC[C@@H]12.CS(=O)(=O)CCS(=O)(=O)CC[C@@H]1OCC[C@@]2(S(=O)(=O)c3ccc(Cl)cc3)c3c(F)ccc(F)c3OC[C@@H]12.CS(=O)(=O)CS(=O)(=O)CC[C@@H]1OCC[C@@]2(S(=O)(=O)c3ccc(Cl)cc3)c3c(F)ccc(F)c3OC[C@@H]12. The molecule has 0 N–H and O–H groups in total. The van der Waals surface area contributed by atoms with Gasteiger partial charge in [-0.15, -0.1) is 0 Å². The van der Waals surface area contributed by atoms with E-state index in [1.807, 2.05) is 6.92 Å². The monoisotopic (exact) mass is 1620 g/mol. The molecule has 0 bridgehead atoms. The highest BCUT2D eigenvalue weighted by molar-refractivity contribution is 8.07. The summed E-state index contributed by atoms with van der Waals surface area (Å²) in [6.07, 6.45) is -0.364. The van der Waals surface area contributed by atoms with E-state index in [2.05, 4.69) is 0 Å². The van der Waals surface area contributed by atoms with E-state index in [0.717, 1.165) is 55.3 Å². The van der Waals surface area contributed by atoms with Crippen LogP contribution in [0.25, 0.3) is 0 Å². The number of sulfone groups is 7. The van der Waals surface area contributed by atoms with Crippen molar-refractivity contribution >= 4 is 104 Å². The van der Waals surface area contributed by atoms with E-state index in [0.29, 0.717) is 11.4 Å². The molecule has 12 rings (SSSR count). The van der Waals surface area contributed by atoms with Crippen molar-refractivity contribution in [3.8, 4) is 17.2 Å². The maximum atomic E-state index is 15.4. The first-order valence-corrected chi connectivity index (χ1v) is 45.0. The van der Waals surface area contributed by atoms with Crippen molar-refractivity contribution in [2.45, 2.75) is 99.1 Å². The fourth-order valence-corrected chi connectivity index (χ4v) is 28.8. The van der Waals surface area contributed by atoms with Crippen molar-refractivity contribution in [1.29, 1.82) is 0 Å². The number of fused-ring (bicyclic) bond motifs is 9. The topological polar surface area (TPSA) is 294 Å². The summed E-state index contributed by atoms with van der Waals surface area (Å²) in [5.74, 6) is -11.9. The van der Waals surface area contributed by atoms with Crippen LogP contribution in [0.4, 0.5) is 26.3 Å². The number of ether oxygens (including phenoxy) is 6. The standard InChI is InChI=1S/C23H25ClF2O8S3.C22H23ClF2O8S3.C21H21ClF2O4S/c1-35(27,28)12-13-36(29,30)11-8-20-17-14-34-22-19(26)7-6-18(25)21(22)23(17,9-10-33-20)37(31,32)16-4-2-15(24)3-5-16;1-34(26,27)13-35(28,29)11-8-19-16-12-33-21-18(25)7-6-17(24)20(21)22(16,9-10-32-19)36(30,31)15-4-2-14(23)3-5-15;1-2-3-18-15-12-28-20-17(24)9-8-16(23)19(20)21(15,10-11-27-18)29(25,26)14-6-4-13(22)5-7-14/h2-7,17,20H,8-14H2,1H3;2-7,16,19H,8-13H2,1H3;4-9,15,18H,2-3,10-12H2,1H3/t17-,20-,23-;16-,19-,22-;15-,18-,21-/m000/s1. The smallest absolute Gasteiger partial charge is 0.189 e. The third-order valence-corrected chi connectivity index (χ3v) is 34.5. The lowest BCUT2D eigenvalue weighted by atomic mass is 9.75. The Morgan fingerprint density at radius 2 is 0.657 bits per heavy atom. The van der Waals surface area contributed by atoms with Crippen LogP contribution >= 0.6 is 34.8 Å². The second-order valence-corrected chi connectivity index (χ2v) is 42.8. The maximum Gasteiger partial charge on any atom is 0.189 e. The molecule has 0 aromatic heterocycles. The molecule has 0 aliphatic carbocycles. The molecule has 36 heteroatoms. The quantitative estimate of drug-likeness (QED) is 0.0681. The van der Waals surface area contributed by atoms with Gasteiger partial charge in [0.1, 0.15) is 41.5 Å². The molecule has 6 heterocycles. The van der Waals surface area contributed by atoms with Gasteiger partial charge in [-0.1, -0.05) is 48.1 Å². The Balaban J connectivity index is 0.000000166. The lowest BCUT2D eigenvalue weighted by molar-refractivity contribution is -0.0760. The molecule has 558 valence electrons. The summed E-state index contributed by atoms with van der Waals surface area (Å²) >= 11 is 17.8. The number of benzene rings is 6. The fourth-order valence-electron chi connectivity index (χ4n) is 14.6. The summed E-state index contributed by atoms with van der Waals surface area (Å²) in [7, 11) is -28.3. The van der Waals surface area contributed by atoms with Gasteiger partial charge in [0, 0.05) is 65.2 Å². The third kappa shape index (κ3) is 15.4. The van der Waals surface area contributed by atoms with Crippen LogP contribution in [0.15, 0.2) is 124 Å². The number of halogens is 9. The summed E-state index contributed by atoms with van der Waals surface area (Å²) in [5.41, 5.74) is -1.15. The van der Waals surface area contributed by atoms with Crippen LogP contribution in [-0.4, -0.2) is 157 Å². The largest absolute Gasteiger partial charge is 0.490 e. The second-order valence-electron chi connectivity index (χ2n) is 25.6. The minimum atomic E-state index is -4.44. The highest BCUT2D eigenvalue weighted by Crippen LogP contribution is 2.59. The van der Waals surface area contributed by atoms with Gasteiger partial charge in [-0.2, -0.15) is 0 Å². The lowest BCUT2D eigenvalue weighted by Crippen LogP contribution is -2.57. The van der Waals surface area contributed by atoms with Crippen molar-refractivity contribution in [3.05, 3.63) is 176 Å². The van der Waals surface area contributed by atoms with Crippen molar-refractivity contribution in [1.82, 2.24) is 0 Å². The predicted molar refractivity (Wildman–Crippen MR) is 366 cm³/mol. The van der Waals surface area contributed by atoms with Gasteiger partial charge >= 0.3 is 0 Å². The molecular formula is C66H69Cl3F6O20S7. The second kappa shape index (κ2) is 30.2. The molecular weight excluding hydrogens is 1560 g/mol. The van der Waals surface area contributed by atoms with Gasteiger partial charge in [0.15, 0.2) is 98.8 Å². The van der Waals surface area contributed by atoms with E-state index in [1.54, 1.807) is 0 Å². The molecule has 6 aromatic rings. The van der Waals surface area contributed by atoms with Gasteiger partial charge in [0.05, 0.1) is 92.5 Å². The third-order valence-electron chi connectivity index (χ3n) is 19.2. The maximum absolute atomic E-state index is 15.4. The minimum Gasteiger partial charge on any atom is -0.490 e. The molecule has 0 radical (unpaired) electrons. The van der Waals surface area contributed by atoms with E-state index in [9.17, 15) is 72.1 Å². The number of hydrogen-bond acceptors (Lipinski definition) is 20. The van der Waals surface area contributed by atoms with Crippen LogP contribution in [0.5, 0.6) is 17.2 Å². The molecule has 6 aliphatic heterocycles. The first-order chi connectivity index (χ1) is 47.7. The van der Waals surface area contributed by atoms with E-state index in [1.165, 1.54) is 72.8 Å². The Hall–Kier alpha value is -5.30. The average molecular weight is 1630 g/mol. The predicted octanol–water partition coefficient (Wildman–Crippen LogP) is 10.7. The summed E-state index contributed by atoms with van der Waals surface area (Å²) in [6.45, 7) is 0.896. The molecule has 0 saturated carbocycles. The molecule has 0 amide bonds.